The molecule has 2 rings (SSSR count). The van der Waals surface area contributed by atoms with Crippen LogP contribution in [-0.2, 0) is 13.2 Å². The van der Waals surface area contributed by atoms with Gasteiger partial charge in [-0.25, -0.2) is 0 Å². The van der Waals surface area contributed by atoms with E-state index < -0.39 is 0 Å². The van der Waals surface area contributed by atoms with Gasteiger partial charge in [-0.1, -0.05) is 24.3 Å². The van der Waals surface area contributed by atoms with E-state index >= 15 is 0 Å². The highest BCUT2D eigenvalue weighted by molar-refractivity contribution is 5.22. The minimum atomic E-state index is 0.124. The summed E-state index contributed by atoms with van der Waals surface area (Å²) < 4.78 is 0. The third-order valence-corrected chi connectivity index (χ3v) is 2.98. The first-order valence-corrected chi connectivity index (χ1v) is 5.43. The number of benzene rings is 1. The molecule has 1 aromatic rings. The number of likely N-dealkylation sites (tertiary alicyclic amines) is 1. The van der Waals surface area contributed by atoms with Gasteiger partial charge >= 0.3 is 0 Å². The minimum absolute atomic E-state index is 0.124. The van der Waals surface area contributed by atoms with Gasteiger partial charge in [0.15, 0.2) is 0 Å². The van der Waals surface area contributed by atoms with Crippen molar-refractivity contribution in [1.29, 1.82) is 0 Å². The molecule has 0 unspecified atom stereocenters. The first kappa shape index (κ1) is 10.6. The summed E-state index contributed by atoms with van der Waals surface area (Å²) in [4.78, 5) is 2.39. The van der Waals surface area contributed by atoms with E-state index in [2.05, 4.69) is 17.0 Å². The number of aliphatic hydroxyl groups is 1. The summed E-state index contributed by atoms with van der Waals surface area (Å²) >= 11 is 0. The third-order valence-electron chi connectivity index (χ3n) is 2.98. The fraction of sp³-hybridized carbons (Fsp3) is 0.500. The second-order valence-electron chi connectivity index (χ2n) is 4.27. The van der Waals surface area contributed by atoms with Crippen LogP contribution in [0, 0.1) is 5.92 Å². The van der Waals surface area contributed by atoms with E-state index in [0.717, 1.165) is 31.7 Å². The molecule has 82 valence electrons. The van der Waals surface area contributed by atoms with Crippen LogP contribution in [0.25, 0.3) is 0 Å². The fourth-order valence-electron chi connectivity index (χ4n) is 1.96. The van der Waals surface area contributed by atoms with Crippen LogP contribution in [0.4, 0.5) is 0 Å². The SMILES string of the molecule is NCC1CN(Cc2ccc(CO)cc2)C1. The first-order valence-electron chi connectivity index (χ1n) is 5.43. The smallest absolute Gasteiger partial charge is 0.0681 e. The van der Waals surface area contributed by atoms with E-state index in [9.17, 15) is 0 Å². The molecule has 0 saturated carbocycles. The maximum atomic E-state index is 8.91. The summed E-state index contributed by atoms with van der Waals surface area (Å²) in [6.07, 6.45) is 0. The molecule has 1 saturated heterocycles. The van der Waals surface area contributed by atoms with E-state index in [1.165, 1.54) is 5.56 Å². The van der Waals surface area contributed by atoms with Gasteiger partial charge in [0.25, 0.3) is 0 Å². The third kappa shape index (κ3) is 2.56. The molecule has 15 heavy (non-hydrogen) atoms. The van der Waals surface area contributed by atoms with Crippen molar-refractivity contribution in [2.75, 3.05) is 19.6 Å². The highest BCUT2D eigenvalue weighted by Gasteiger charge is 2.24. The predicted molar refractivity (Wildman–Crippen MR) is 60.2 cm³/mol. The Bertz CT molecular complexity index is 304. The van der Waals surface area contributed by atoms with E-state index in [-0.39, 0.29) is 6.61 Å². The van der Waals surface area contributed by atoms with Crippen molar-refractivity contribution < 1.29 is 5.11 Å². The Morgan fingerprint density at radius 2 is 1.80 bits per heavy atom. The zero-order chi connectivity index (χ0) is 10.7. The Labute approximate surface area is 90.5 Å². The van der Waals surface area contributed by atoms with Crippen LogP contribution in [0.1, 0.15) is 11.1 Å². The summed E-state index contributed by atoms with van der Waals surface area (Å²) in [5.74, 6) is 0.696. The standard InChI is InChI=1S/C12H18N2O/c13-5-12-7-14(8-12)6-10-1-3-11(9-15)4-2-10/h1-4,12,15H,5-9,13H2. The number of hydrogen-bond donors (Lipinski definition) is 2. The second-order valence-corrected chi connectivity index (χ2v) is 4.27. The summed E-state index contributed by atoms with van der Waals surface area (Å²) in [5.41, 5.74) is 7.86. The van der Waals surface area contributed by atoms with Crippen molar-refractivity contribution in [3.63, 3.8) is 0 Å². The van der Waals surface area contributed by atoms with Gasteiger partial charge in [0.05, 0.1) is 6.61 Å². The molecule has 1 aliphatic rings. The van der Waals surface area contributed by atoms with Gasteiger partial charge in [0.2, 0.25) is 0 Å². The predicted octanol–water partition coefficient (Wildman–Crippen LogP) is 0.569. The van der Waals surface area contributed by atoms with Crippen LogP contribution in [-0.4, -0.2) is 29.6 Å². The second kappa shape index (κ2) is 4.75. The lowest BCUT2D eigenvalue weighted by Crippen LogP contribution is -2.49. The van der Waals surface area contributed by atoms with Crippen molar-refractivity contribution >= 4 is 0 Å². The Kier molecular flexibility index (Phi) is 3.36. The number of aliphatic hydroxyl groups excluding tert-OH is 1. The van der Waals surface area contributed by atoms with Gasteiger partial charge in [-0.15, -0.1) is 0 Å². The monoisotopic (exact) mass is 206 g/mol. The molecular weight excluding hydrogens is 188 g/mol. The lowest BCUT2D eigenvalue weighted by Gasteiger charge is -2.38. The molecule has 0 aliphatic carbocycles. The van der Waals surface area contributed by atoms with Crippen LogP contribution in [0.15, 0.2) is 24.3 Å². The zero-order valence-electron chi connectivity index (χ0n) is 8.89. The number of hydrogen-bond acceptors (Lipinski definition) is 3. The molecule has 0 amide bonds. The first-order chi connectivity index (χ1) is 7.31. The molecule has 3 nitrogen and oxygen atoms in total. The number of nitrogens with zero attached hydrogens (tertiary/aromatic N) is 1. The van der Waals surface area contributed by atoms with E-state index in [0.29, 0.717) is 5.92 Å². The van der Waals surface area contributed by atoms with E-state index in [1.807, 2.05) is 12.1 Å². The van der Waals surface area contributed by atoms with Crippen molar-refractivity contribution in [3.8, 4) is 0 Å². The Balaban J connectivity index is 1.84. The van der Waals surface area contributed by atoms with Gasteiger partial charge < -0.3 is 10.8 Å². The highest BCUT2D eigenvalue weighted by Crippen LogP contribution is 2.17. The molecule has 0 spiro atoms. The Hall–Kier alpha value is -0.900. The lowest BCUT2D eigenvalue weighted by molar-refractivity contribution is 0.0979. The molecule has 0 aromatic heterocycles. The summed E-state index contributed by atoms with van der Waals surface area (Å²) in [5, 5.41) is 8.91. The maximum absolute atomic E-state index is 8.91. The maximum Gasteiger partial charge on any atom is 0.0681 e. The largest absolute Gasteiger partial charge is 0.392 e. The molecule has 1 aliphatic heterocycles. The van der Waals surface area contributed by atoms with Crippen molar-refractivity contribution in [3.05, 3.63) is 35.4 Å². The van der Waals surface area contributed by atoms with Crippen LogP contribution in [0.3, 0.4) is 0 Å². The quantitative estimate of drug-likeness (QED) is 0.757. The topological polar surface area (TPSA) is 49.5 Å². The molecule has 1 aromatic carbocycles. The molecule has 0 atom stereocenters. The van der Waals surface area contributed by atoms with Crippen molar-refractivity contribution in [2.45, 2.75) is 13.2 Å². The molecular formula is C12H18N2O. The summed E-state index contributed by atoms with van der Waals surface area (Å²) in [6, 6.07) is 8.13. The summed E-state index contributed by atoms with van der Waals surface area (Å²) in [6.45, 7) is 4.18. The van der Waals surface area contributed by atoms with Crippen molar-refractivity contribution in [1.82, 2.24) is 4.90 Å². The van der Waals surface area contributed by atoms with Crippen LogP contribution in [0.5, 0.6) is 0 Å². The highest BCUT2D eigenvalue weighted by atomic mass is 16.3. The van der Waals surface area contributed by atoms with E-state index in [4.69, 9.17) is 10.8 Å². The number of rotatable bonds is 4. The zero-order valence-corrected chi connectivity index (χ0v) is 8.89. The van der Waals surface area contributed by atoms with Gasteiger partial charge in [0.1, 0.15) is 0 Å². The van der Waals surface area contributed by atoms with Crippen LogP contribution >= 0.6 is 0 Å². The Morgan fingerprint density at radius 3 is 2.33 bits per heavy atom. The minimum Gasteiger partial charge on any atom is -0.392 e. The number of nitrogens with two attached hydrogens (primary N) is 1. The normalized spacial score (nSPS) is 17.7. The molecule has 3 heteroatoms. The van der Waals surface area contributed by atoms with Gasteiger partial charge in [-0.05, 0) is 23.6 Å². The van der Waals surface area contributed by atoms with Crippen molar-refractivity contribution in [2.24, 2.45) is 11.7 Å². The van der Waals surface area contributed by atoms with Crippen LogP contribution < -0.4 is 5.73 Å². The average molecular weight is 206 g/mol. The molecule has 3 N–H and O–H groups in total. The molecule has 1 heterocycles. The van der Waals surface area contributed by atoms with E-state index in [1.54, 1.807) is 0 Å². The lowest BCUT2D eigenvalue weighted by atomic mass is 9.99. The summed E-state index contributed by atoms with van der Waals surface area (Å²) in [7, 11) is 0. The van der Waals surface area contributed by atoms with Gasteiger partial charge in [-0.2, -0.15) is 0 Å². The molecule has 0 bridgehead atoms. The van der Waals surface area contributed by atoms with Gasteiger partial charge in [0, 0.05) is 19.6 Å². The van der Waals surface area contributed by atoms with Crippen LogP contribution in [0.2, 0.25) is 0 Å². The van der Waals surface area contributed by atoms with Gasteiger partial charge in [-0.3, -0.25) is 4.90 Å². The molecule has 1 fully saturated rings. The average Bonchev–Trinajstić information content (AvgIpc) is 2.23. The Morgan fingerprint density at radius 1 is 1.20 bits per heavy atom. The molecule has 0 radical (unpaired) electrons. The fourth-order valence-corrected chi connectivity index (χ4v) is 1.96.